The SMILES string of the molecule is CCCCCNC(=O)c1cc(C)nc(NCCc2cccc(OC)c2)n1. The molecule has 0 aliphatic carbocycles. The Balaban J connectivity index is 1.90. The van der Waals surface area contributed by atoms with E-state index in [1.54, 1.807) is 13.2 Å². The molecule has 26 heavy (non-hydrogen) atoms. The molecule has 0 aliphatic heterocycles. The average Bonchev–Trinajstić information content (AvgIpc) is 2.65. The van der Waals surface area contributed by atoms with Gasteiger partial charge in [-0.3, -0.25) is 4.79 Å². The van der Waals surface area contributed by atoms with Crippen molar-refractivity contribution in [1.29, 1.82) is 0 Å². The maximum Gasteiger partial charge on any atom is 0.270 e. The number of ether oxygens (including phenoxy) is 1. The predicted molar refractivity (Wildman–Crippen MR) is 104 cm³/mol. The first kappa shape index (κ1) is 19.7. The monoisotopic (exact) mass is 356 g/mol. The molecule has 0 bridgehead atoms. The quantitative estimate of drug-likeness (QED) is 0.638. The molecule has 0 unspecified atom stereocenters. The number of aryl methyl sites for hydroxylation is 1. The maximum absolute atomic E-state index is 12.2. The highest BCUT2D eigenvalue weighted by molar-refractivity contribution is 5.92. The van der Waals surface area contributed by atoms with E-state index in [-0.39, 0.29) is 5.91 Å². The number of anilines is 1. The van der Waals surface area contributed by atoms with E-state index < -0.39 is 0 Å². The van der Waals surface area contributed by atoms with Crippen molar-refractivity contribution in [3.05, 3.63) is 47.3 Å². The number of carbonyl (C=O) groups is 1. The summed E-state index contributed by atoms with van der Waals surface area (Å²) < 4.78 is 5.24. The molecule has 1 aromatic heterocycles. The molecule has 0 atom stereocenters. The van der Waals surface area contributed by atoms with E-state index in [2.05, 4.69) is 33.6 Å². The molecule has 6 nitrogen and oxygen atoms in total. The third kappa shape index (κ3) is 6.35. The van der Waals surface area contributed by atoms with Crippen LogP contribution >= 0.6 is 0 Å². The normalized spacial score (nSPS) is 10.4. The van der Waals surface area contributed by atoms with Gasteiger partial charge in [0.2, 0.25) is 5.95 Å². The van der Waals surface area contributed by atoms with Crippen molar-refractivity contribution in [1.82, 2.24) is 15.3 Å². The fraction of sp³-hybridized carbons (Fsp3) is 0.450. The average molecular weight is 356 g/mol. The van der Waals surface area contributed by atoms with Crippen molar-refractivity contribution in [3.63, 3.8) is 0 Å². The molecule has 0 fully saturated rings. The summed E-state index contributed by atoms with van der Waals surface area (Å²) >= 11 is 0. The van der Waals surface area contributed by atoms with Crippen LogP contribution < -0.4 is 15.4 Å². The lowest BCUT2D eigenvalue weighted by molar-refractivity contribution is 0.0948. The van der Waals surface area contributed by atoms with Gasteiger partial charge in [0.1, 0.15) is 11.4 Å². The van der Waals surface area contributed by atoms with Crippen LogP contribution in [-0.2, 0) is 6.42 Å². The zero-order valence-electron chi connectivity index (χ0n) is 15.8. The molecule has 0 aliphatic rings. The van der Waals surface area contributed by atoms with Crippen molar-refractivity contribution in [2.45, 2.75) is 39.5 Å². The number of benzene rings is 1. The number of carbonyl (C=O) groups excluding carboxylic acids is 1. The number of rotatable bonds is 10. The molecular weight excluding hydrogens is 328 g/mol. The van der Waals surface area contributed by atoms with Crippen LogP contribution in [-0.4, -0.2) is 36.1 Å². The lowest BCUT2D eigenvalue weighted by Crippen LogP contribution is -2.26. The molecule has 2 aromatic rings. The van der Waals surface area contributed by atoms with Crippen LogP contribution in [0.1, 0.15) is 47.9 Å². The van der Waals surface area contributed by atoms with E-state index >= 15 is 0 Å². The molecule has 6 heteroatoms. The smallest absolute Gasteiger partial charge is 0.270 e. The van der Waals surface area contributed by atoms with Crippen molar-refractivity contribution >= 4 is 11.9 Å². The Morgan fingerprint density at radius 1 is 1.15 bits per heavy atom. The van der Waals surface area contributed by atoms with Gasteiger partial charge in [-0.2, -0.15) is 0 Å². The second-order valence-corrected chi connectivity index (χ2v) is 6.21. The van der Waals surface area contributed by atoms with E-state index in [4.69, 9.17) is 4.74 Å². The highest BCUT2D eigenvalue weighted by Gasteiger charge is 2.10. The Bertz CT molecular complexity index is 719. The summed E-state index contributed by atoms with van der Waals surface area (Å²) in [5, 5.41) is 6.11. The number of nitrogens with one attached hydrogen (secondary N) is 2. The molecule has 1 amide bonds. The molecule has 0 radical (unpaired) electrons. The van der Waals surface area contributed by atoms with Gasteiger partial charge in [-0.15, -0.1) is 0 Å². The first-order chi connectivity index (χ1) is 12.6. The van der Waals surface area contributed by atoms with E-state index in [1.165, 1.54) is 5.56 Å². The van der Waals surface area contributed by atoms with Crippen molar-refractivity contribution in [2.75, 3.05) is 25.5 Å². The minimum atomic E-state index is -0.151. The van der Waals surface area contributed by atoms with Crippen molar-refractivity contribution in [2.24, 2.45) is 0 Å². The lowest BCUT2D eigenvalue weighted by Gasteiger charge is -2.09. The summed E-state index contributed by atoms with van der Waals surface area (Å²) in [4.78, 5) is 20.9. The van der Waals surface area contributed by atoms with Gasteiger partial charge in [0.25, 0.3) is 5.91 Å². The lowest BCUT2D eigenvalue weighted by atomic mass is 10.1. The Labute approximate surface area is 155 Å². The van der Waals surface area contributed by atoms with E-state index in [0.717, 1.165) is 37.1 Å². The molecule has 2 rings (SSSR count). The summed E-state index contributed by atoms with van der Waals surface area (Å²) in [6, 6.07) is 9.66. The second-order valence-electron chi connectivity index (χ2n) is 6.21. The van der Waals surface area contributed by atoms with Crippen LogP contribution in [0.3, 0.4) is 0 Å². The third-order valence-corrected chi connectivity index (χ3v) is 3.98. The fourth-order valence-corrected chi connectivity index (χ4v) is 2.58. The molecule has 1 heterocycles. The molecule has 0 spiro atoms. The van der Waals surface area contributed by atoms with E-state index in [9.17, 15) is 4.79 Å². The number of hydrogen-bond acceptors (Lipinski definition) is 5. The number of nitrogens with zero attached hydrogens (tertiary/aromatic N) is 2. The number of unbranched alkanes of at least 4 members (excludes halogenated alkanes) is 2. The summed E-state index contributed by atoms with van der Waals surface area (Å²) in [5.74, 6) is 1.17. The summed E-state index contributed by atoms with van der Waals surface area (Å²) in [6.45, 7) is 5.35. The number of aromatic nitrogens is 2. The summed E-state index contributed by atoms with van der Waals surface area (Å²) in [7, 11) is 1.66. The standard InChI is InChI=1S/C20H28N4O2/c1-4-5-6-11-21-19(25)18-13-15(2)23-20(24-18)22-12-10-16-8-7-9-17(14-16)26-3/h7-9,13-14H,4-6,10-12H2,1-3H3,(H,21,25)(H,22,23,24). The molecule has 0 saturated carbocycles. The Morgan fingerprint density at radius 2 is 2.00 bits per heavy atom. The minimum Gasteiger partial charge on any atom is -0.497 e. The van der Waals surface area contributed by atoms with Gasteiger partial charge in [0.15, 0.2) is 0 Å². The van der Waals surface area contributed by atoms with Crippen LogP contribution in [0.4, 0.5) is 5.95 Å². The largest absolute Gasteiger partial charge is 0.497 e. The zero-order valence-corrected chi connectivity index (χ0v) is 15.8. The van der Waals surface area contributed by atoms with E-state index in [0.29, 0.717) is 24.7 Å². The number of hydrogen-bond donors (Lipinski definition) is 2. The van der Waals surface area contributed by atoms with Crippen LogP contribution in [0.2, 0.25) is 0 Å². The van der Waals surface area contributed by atoms with Crippen LogP contribution in [0.25, 0.3) is 0 Å². The first-order valence-electron chi connectivity index (χ1n) is 9.13. The summed E-state index contributed by atoms with van der Waals surface area (Å²) in [5.41, 5.74) is 2.33. The van der Waals surface area contributed by atoms with Crippen LogP contribution in [0, 0.1) is 6.92 Å². The van der Waals surface area contributed by atoms with Gasteiger partial charge in [0.05, 0.1) is 7.11 Å². The van der Waals surface area contributed by atoms with Gasteiger partial charge < -0.3 is 15.4 Å². The first-order valence-corrected chi connectivity index (χ1v) is 9.13. The Morgan fingerprint density at radius 3 is 2.77 bits per heavy atom. The topological polar surface area (TPSA) is 76.1 Å². The summed E-state index contributed by atoms with van der Waals surface area (Å²) in [6.07, 6.45) is 4.04. The minimum absolute atomic E-state index is 0.151. The predicted octanol–water partition coefficient (Wildman–Crippen LogP) is 3.37. The van der Waals surface area contributed by atoms with Crippen LogP contribution in [0.5, 0.6) is 5.75 Å². The van der Waals surface area contributed by atoms with Gasteiger partial charge in [0, 0.05) is 18.8 Å². The Kier molecular flexibility index (Phi) is 7.86. The molecule has 140 valence electrons. The van der Waals surface area contributed by atoms with Gasteiger partial charge in [-0.05, 0) is 43.5 Å². The van der Waals surface area contributed by atoms with Gasteiger partial charge in [-0.25, -0.2) is 9.97 Å². The molecule has 0 saturated heterocycles. The highest BCUT2D eigenvalue weighted by atomic mass is 16.5. The second kappa shape index (κ2) is 10.4. The van der Waals surface area contributed by atoms with Crippen molar-refractivity contribution in [3.8, 4) is 5.75 Å². The van der Waals surface area contributed by atoms with Crippen LogP contribution in [0.15, 0.2) is 30.3 Å². The zero-order chi connectivity index (χ0) is 18.8. The fourth-order valence-electron chi connectivity index (χ4n) is 2.58. The molecule has 2 N–H and O–H groups in total. The van der Waals surface area contributed by atoms with Gasteiger partial charge in [-0.1, -0.05) is 31.9 Å². The highest BCUT2D eigenvalue weighted by Crippen LogP contribution is 2.13. The number of amides is 1. The van der Waals surface area contributed by atoms with Gasteiger partial charge >= 0.3 is 0 Å². The third-order valence-electron chi connectivity index (χ3n) is 3.98. The van der Waals surface area contributed by atoms with E-state index in [1.807, 2.05) is 25.1 Å². The number of methoxy groups -OCH3 is 1. The molecular formula is C20H28N4O2. The Hall–Kier alpha value is -2.63. The van der Waals surface area contributed by atoms with Crippen molar-refractivity contribution < 1.29 is 9.53 Å². The molecule has 1 aromatic carbocycles. The maximum atomic E-state index is 12.2.